The number of hydrogen-bond acceptors (Lipinski definition) is 3. The number of ether oxygens (including phenoxy) is 1. The van der Waals surface area contributed by atoms with Gasteiger partial charge in [-0.1, -0.05) is 6.07 Å². The smallest absolute Gasteiger partial charge is 0.263 e. The lowest BCUT2D eigenvalue weighted by molar-refractivity contribution is -0.137. The van der Waals surface area contributed by atoms with Gasteiger partial charge in [0.2, 0.25) is 0 Å². The summed E-state index contributed by atoms with van der Waals surface area (Å²) in [7, 11) is 0. The van der Waals surface area contributed by atoms with E-state index in [2.05, 4.69) is 0 Å². The summed E-state index contributed by atoms with van der Waals surface area (Å²) < 4.78 is 5.75. The fourth-order valence-corrected chi connectivity index (χ4v) is 2.69. The summed E-state index contributed by atoms with van der Waals surface area (Å²) in [6.07, 6.45) is 0.798. The van der Waals surface area contributed by atoms with Crippen LogP contribution in [0.5, 0.6) is 5.75 Å². The van der Waals surface area contributed by atoms with Crippen molar-refractivity contribution in [3.8, 4) is 5.75 Å². The maximum absolute atomic E-state index is 12.2. The molecule has 4 nitrogen and oxygen atoms in total. The minimum absolute atomic E-state index is 0.00975. The van der Waals surface area contributed by atoms with E-state index >= 15 is 0 Å². The molecule has 4 heteroatoms. The van der Waals surface area contributed by atoms with Gasteiger partial charge in [0.15, 0.2) is 6.10 Å². The van der Waals surface area contributed by atoms with Crippen molar-refractivity contribution in [1.82, 2.24) is 4.90 Å². The number of fused-ring (bicyclic) bond motifs is 1. The summed E-state index contributed by atoms with van der Waals surface area (Å²) in [4.78, 5) is 13.9. The predicted molar refractivity (Wildman–Crippen MR) is 77.7 cm³/mol. The maximum Gasteiger partial charge on any atom is 0.263 e. The molecule has 0 saturated carbocycles. The average molecular weight is 277 g/mol. The summed E-state index contributed by atoms with van der Waals surface area (Å²) in [5, 5.41) is 9.78. The lowest BCUT2D eigenvalue weighted by atomic mass is 10.1. The predicted octanol–water partition coefficient (Wildman–Crippen LogP) is 2.30. The molecule has 0 radical (unpaired) electrons. The van der Waals surface area contributed by atoms with Crippen LogP contribution in [-0.2, 0) is 11.2 Å². The molecule has 0 spiro atoms. The SMILES string of the molecule is CCN(CC)C(=O)C(C)Oc1ccc2c(c1)CCC2O. The van der Waals surface area contributed by atoms with Crippen LogP contribution in [0.25, 0.3) is 0 Å². The van der Waals surface area contributed by atoms with Crippen LogP contribution in [0.4, 0.5) is 0 Å². The molecule has 1 aromatic rings. The molecule has 1 aliphatic carbocycles. The molecule has 2 rings (SSSR count). The molecule has 1 amide bonds. The third-order valence-electron chi connectivity index (χ3n) is 3.90. The second-order valence-corrected chi connectivity index (χ2v) is 5.19. The van der Waals surface area contributed by atoms with Gasteiger partial charge in [-0.05, 0) is 56.9 Å². The first-order valence-electron chi connectivity index (χ1n) is 7.33. The van der Waals surface area contributed by atoms with E-state index in [0.717, 1.165) is 24.0 Å². The number of amides is 1. The molecule has 1 aromatic carbocycles. The molecule has 20 heavy (non-hydrogen) atoms. The van der Waals surface area contributed by atoms with Crippen LogP contribution in [0.3, 0.4) is 0 Å². The highest BCUT2D eigenvalue weighted by molar-refractivity contribution is 5.80. The second-order valence-electron chi connectivity index (χ2n) is 5.19. The number of aliphatic hydroxyl groups is 1. The minimum atomic E-state index is -0.487. The fourth-order valence-electron chi connectivity index (χ4n) is 2.69. The van der Waals surface area contributed by atoms with E-state index in [1.54, 1.807) is 11.8 Å². The van der Waals surface area contributed by atoms with Crippen molar-refractivity contribution in [3.05, 3.63) is 29.3 Å². The van der Waals surface area contributed by atoms with Crippen LogP contribution in [0, 0.1) is 0 Å². The van der Waals surface area contributed by atoms with E-state index in [0.29, 0.717) is 18.8 Å². The Morgan fingerprint density at radius 1 is 1.45 bits per heavy atom. The first kappa shape index (κ1) is 14.9. The summed E-state index contributed by atoms with van der Waals surface area (Å²) in [6.45, 7) is 7.09. The third kappa shape index (κ3) is 2.96. The first-order chi connectivity index (χ1) is 9.56. The number of hydrogen-bond donors (Lipinski definition) is 1. The Labute approximate surface area is 120 Å². The molecule has 1 aliphatic rings. The number of carbonyl (C=O) groups is 1. The molecule has 0 fully saturated rings. The van der Waals surface area contributed by atoms with Crippen molar-refractivity contribution in [1.29, 1.82) is 0 Å². The molecule has 1 N–H and O–H groups in total. The quantitative estimate of drug-likeness (QED) is 0.898. The van der Waals surface area contributed by atoms with Crippen molar-refractivity contribution in [2.75, 3.05) is 13.1 Å². The lowest BCUT2D eigenvalue weighted by Gasteiger charge is -2.23. The van der Waals surface area contributed by atoms with Gasteiger partial charge < -0.3 is 14.7 Å². The molecule has 2 atom stereocenters. The van der Waals surface area contributed by atoms with Gasteiger partial charge in [0, 0.05) is 13.1 Å². The molecule has 0 aliphatic heterocycles. The highest BCUT2D eigenvalue weighted by Crippen LogP contribution is 2.33. The zero-order valence-corrected chi connectivity index (χ0v) is 12.4. The zero-order chi connectivity index (χ0) is 14.7. The zero-order valence-electron chi connectivity index (χ0n) is 12.4. The van der Waals surface area contributed by atoms with E-state index in [1.165, 1.54) is 0 Å². The molecular weight excluding hydrogens is 254 g/mol. The number of likely N-dealkylation sites (N-methyl/N-ethyl adjacent to an activating group) is 1. The largest absolute Gasteiger partial charge is 0.481 e. The van der Waals surface area contributed by atoms with E-state index in [4.69, 9.17) is 4.74 Å². The van der Waals surface area contributed by atoms with Crippen LogP contribution in [-0.4, -0.2) is 35.1 Å². The van der Waals surface area contributed by atoms with Gasteiger partial charge in [0.05, 0.1) is 6.10 Å². The number of carbonyl (C=O) groups excluding carboxylic acids is 1. The Morgan fingerprint density at radius 3 is 2.80 bits per heavy atom. The van der Waals surface area contributed by atoms with Gasteiger partial charge in [-0.25, -0.2) is 0 Å². The van der Waals surface area contributed by atoms with Gasteiger partial charge in [-0.3, -0.25) is 4.79 Å². The van der Waals surface area contributed by atoms with Crippen molar-refractivity contribution < 1.29 is 14.6 Å². The standard InChI is InChI=1S/C16H23NO3/c1-4-17(5-2)16(19)11(3)20-13-7-8-14-12(10-13)6-9-15(14)18/h7-8,10-11,15,18H,4-6,9H2,1-3H3. The van der Waals surface area contributed by atoms with Gasteiger partial charge in [-0.2, -0.15) is 0 Å². The van der Waals surface area contributed by atoms with E-state index in [-0.39, 0.29) is 12.0 Å². The highest BCUT2D eigenvalue weighted by Gasteiger charge is 2.23. The third-order valence-corrected chi connectivity index (χ3v) is 3.90. The monoisotopic (exact) mass is 277 g/mol. The van der Waals surface area contributed by atoms with E-state index in [1.807, 2.05) is 32.0 Å². The summed E-state index contributed by atoms with van der Waals surface area (Å²) in [5.74, 6) is 0.710. The minimum Gasteiger partial charge on any atom is -0.481 e. The van der Waals surface area contributed by atoms with E-state index < -0.39 is 6.10 Å². The van der Waals surface area contributed by atoms with E-state index in [9.17, 15) is 9.90 Å². The van der Waals surface area contributed by atoms with Gasteiger partial charge in [0.25, 0.3) is 5.91 Å². The molecule has 0 bridgehead atoms. The highest BCUT2D eigenvalue weighted by atomic mass is 16.5. The number of aryl methyl sites for hydroxylation is 1. The fraction of sp³-hybridized carbons (Fsp3) is 0.562. The van der Waals surface area contributed by atoms with Gasteiger partial charge in [0.1, 0.15) is 5.75 Å². The van der Waals surface area contributed by atoms with Crippen LogP contribution in [0.15, 0.2) is 18.2 Å². The maximum atomic E-state index is 12.2. The Morgan fingerprint density at radius 2 is 2.15 bits per heavy atom. The number of nitrogens with zero attached hydrogens (tertiary/aromatic N) is 1. The van der Waals surface area contributed by atoms with Crippen molar-refractivity contribution in [2.24, 2.45) is 0 Å². The Balaban J connectivity index is 2.05. The molecule has 0 aromatic heterocycles. The van der Waals surface area contributed by atoms with Crippen LogP contribution < -0.4 is 4.74 Å². The number of rotatable bonds is 5. The van der Waals surface area contributed by atoms with Gasteiger partial charge in [-0.15, -0.1) is 0 Å². The first-order valence-corrected chi connectivity index (χ1v) is 7.33. The molecule has 0 heterocycles. The Bertz CT molecular complexity index is 483. The summed E-state index contributed by atoms with van der Waals surface area (Å²) in [6, 6.07) is 5.67. The second kappa shape index (κ2) is 6.27. The van der Waals surface area contributed by atoms with Crippen molar-refractivity contribution in [2.45, 2.75) is 45.8 Å². The van der Waals surface area contributed by atoms with Crippen LogP contribution in [0.2, 0.25) is 0 Å². The van der Waals surface area contributed by atoms with Gasteiger partial charge >= 0.3 is 0 Å². The van der Waals surface area contributed by atoms with Crippen molar-refractivity contribution >= 4 is 5.91 Å². The lowest BCUT2D eigenvalue weighted by Crippen LogP contribution is -2.40. The normalized spacial score (nSPS) is 18.5. The molecule has 2 unspecified atom stereocenters. The molecule has 110 valence electrons. The summed E-state index contributed by atoms with van der Waals surface area (Å²) >= 11 is 0. The summed E-state index contributed by atoms with van der Waals surface area (Å²) in [5.41, 5.74) is 2.11. The topological polar surface area (TPSA) is 49.8 Å². The molecular formula is C16H23NO3. The molecule has 0 saturated heterocycles. The van der Waals surface area contributed by atoms with Crippen LogP contribution >= 0.6 is 0 Å². The Kier molecular flexibility index (Phi) is 4.65. The number of aliphatic hydroxyl groups excluding tert-OH is 1. The van der Waals surface area contributed by atoms with Crippen molar-refractivity contribution in [3.63, 3.8) is 0 Å². The Hall–Kier alpha value is -1.55. The number of benzene rings is 1. The average Bonchev–Trinajstić information content (AvgIpc) is 2.81. The van der Waals surface area contributed by atoms with Crippen LogP contribution in [0.1, 0.15) is 44.4 Å².